The van der Waals surface area contributed by atoms with Crippen molar-refractivity contribution in [2.45, 2.75) is 18.8 Å². The van der Waals surface area contributed by atoms with E-state index in [0.29, 0.717) is 11.6 Å². The highest BCUT2D eigenvalue weighted by Gasteiger charge is 2.17. The van der Waals surface area contributed by atoms with Crippen molar-refractivity contribution in [2.24, 2.45) is 7.05 Å². The van der Waals surface area contributed by atoms with Gasteiger partial charge in [0.1, 0.15) is 11.3 Å². The van der Waals surface area contributed by atoms with Gasteiger partial charge in [-0.1, -0.05) is 17.7 Å². The predicted octanol–water partition coefficient (Wildman–Crippen LogP) is 3.77. The molecule has 3 aromatic rings. The fourth-order valence-electron chi connectivity index (χ4n) is 2.32. The lowest BCUT2D eigenvalue weighted by molar-refractivity contribution is 0.654. The zero-order chi connectivity index (χ0) is 14.3. The van der Waals surface area contributed by atoms with Crippen LogP contribution in [0.3, 0.4) is 0 Å². The topological polar surface area (TPSA) is 35.6 Å². The smallest absolute Gasteiger partial charge is 0.128 e. The molecule has 0 amide bonds. The molecule has 0 aliphatic carbocycles. The Hall–Kier alpha value is -1.52. The monoisotopic (exact) mass is 308 g/mol. The number of para-hydroxylation sites is 1. The molecule has 2 heterocycles. The van der Waals surface area contributed by atoms with Crippen molar-refractivity contribution in [3.05, 3.63) is 47.0 Å². The first-order valence-corrected chi connectivity index (χ1v) is 7.15. The molecule has 104 valence electrons. The Labute approximate surface area is 126 Å². The van der Waals surface area contributed by atoms with Gasteiger partial charge < -0.3 is 4.57 Å². The third-order valence-corrected chi connectivity index (χ3v) is 3.86. The van der Waals surface area contributed by atoms with Crippen LogP contribution in [0.1, 0.15) is 23.8 Å². The van der Waals surface area contributed by atoms with Gasteiger partial charge in [0, 0.05) is 13.2 Å². The summed E-state index contributed by atoms with van der Waals surface area (Å²) in [4.78, 5) is 4.59. The van der Waals surface area contributed by atoms with E-state index in [0.717, 1.165) is 22.6 Å². The minimum absolute atomic E-state index is 0.188. The summed E-state index contributed by atoms with van der Waals surface area (Å²) in [7, 11) is 1.92. The van der Waals surface area contributed by atoms with Crippen LogP contribution in [0.15, 0.2) is 30.5 Å². The molecule has 0 fully saturated rings. The first-order valence-electron chi connectivity index (χ1n) is 6.33. The minimum atomic E-state index is -0.188. The zero-order valence-electron chi connectivity index (χ0n) is 11.2. The number of imidazole rings is 1. The number of hydrogen-bond donors (Lipinski definition) is 0. The van der Waals surface area contributed by atoms with Crippen LogP contribution in [0.4, 0.5) is 0 Å². The number of rotatable bonds is 3. The zero-order valence-corrected chi connectivity index (χ0v) is 12.7. The van der Waals surface area contributed by atoms with Gasteiger partial charge >= 0.3 is 0 Å². The normalized spacial score (nSPS) is 13.0. The number of hydrogen-bond acceptors (Lipinski definition) is 2. The average molecular weight is 309 g/mol. The first-order chi connectivity index (χ1) is 9.58. The quantitative estimate of drug-likeness (QED) is 0.690. The second-order valence-electron chi connectivity index (χ2n) is 4.73. The van der Waals surface area contributed by atoms with E-state index in [-0.39, 0.29) is 5.38 Å². The molecule has 0 N–H and O–H groups in total. The minimum Gasteiger partial charge on any atom is -0.321 e. The molecule has 3 rings (SSSR count). The van der Waals surface area contributed by atoms with Crippen LogP contribution in [0.25, 0.3) is 11.0 Å². The molecule has 0 spiro atoms. The van der Waals surface area contributed by atoms with E-state index in [9.17, 15) is 0 Å². The summed E-state index contributed by atoms with van der Waals surface area (Å²) in [6.45, 7) is 2.58. The van der Waals surface area contributed by atoms with Gasteiger partial charge in [-0.15, -0.1) is 11.6 Å². The van der Waals surface area contributed by atoms with Crippen LogP contribution >= 0.6 is 23.2 Å². The molecule has 1 unspecified atom stereocenters. The molecule has 0 aliphatic heterocycles. The SMILES string of the molecule is CC(Cl)c1nc2c(Cl)cccc2n1Cc1ccnn1C. The van der Waals surface area contributed by atoms with E-state index in [4.69, 9.17) is 23.2 Å². The van der Waals surface area contributed by atoms with Gasteiger partial charge in [0.2, 0.25) is 0 Å². The Morgan fingerprint density at radius 1 is 1.30 bits per heavy atom. The predicted molar refractivity (Wildman–Crippen MR) is 81.3 cm³/mol. The summed E-state index contributed by atoms with van der Waals surface area (Å²) >= 11 is 12.5. The second kappa shape index (κ2) is 5.11. The van der Waals surface area contributed by atoms with E-state index >= 15 is 0 Å². The van der Waals surface area contributed by atoms with Crippen molar-refractivity contribution in [1.29, 1.82) is 0 Å². The highest BCUT2D eigenvalue weighted by Crippen LogP contribution is 2.29. The summed E-state index contributed by atoms with van der Waals surface area (Å²) in [5.74, 6) is 0.816. The number of alkyl halides is 1. The molecule has 0 saturated carbocycles. The summed E-state index contributed by atoms with van der Waals surface area (Å²) in [5, 5.41) is 4.65. The van der Waals surface area contributed by atoms with Crippen molar-refractivity contribution >= 4 is 34.2 Å². The molecule has 0 bridgehead atoms. The van der Waals surface area contributed by atoms with Crippen LogP contribution in [0.5, 0.6) is 0 Å². The van der Waals surface area contributed by atoms with Crippen LogP contribution in [-0.2, 0) is 13.6 Å². The van der Waals surface area contributed by atoms with Crippen LogP contribution < -0.4 is 0 Å². The lowest BCUT2D eigenvalue weighted by atomic mass is 10.3. The van der Waals surface area contributed by atoms with Gasteiger partial charge in [0.05, 0.1) is 28.2 Å². The van der Waals surface area contributed by atoms with Crippen molar-refractivity contribution in [1.82, 2.24) is 19.3 Å². The van der Waals surface area contributed by atoms with Gasteiger partial charge in [0.15, 0.2) is 0 Å². The third-order valence-electron chi connectivity index (χ3n) is 3.36. The summed E-state index contributed by atoms with van der Waals surface area (Å²) in [6, 6.07) is 7.76. The Kier molecular flexibility index (Phi) is 3.44. The van der Waals surface area contributed by atoms with E-state index in [1.54, 1.807) is 6.20 Å². The van der Waals surface area contributed by atoms with Gasteiger partial charge in [-0.05, 0) is 25.1 Å². The van der Waals surface area contributed by atoms with Crippen LogP contribution in [0.2, 0.25) is 5.02 Å². The van der Waals surface area contributed by atoms with E-state index < -0.39 is 0 Å². The van der Waals surface area contributed by atoms with Crippen molar-refractivity contribution in [3.63, 3.8) is 0 Å². The number of aryl methyl sites for hydroxylation is 1. The maximum atomic E-state index is 6.26. The number of aromatic nitrogens is 4. The third kappa shape index (κ3) is 2.19. The summed E-state index contributed by atoms with van der Waals surface area (Å²) < 4.78 is 3.94. The maximum Gasteiger partial charge on any atom is 0.128 e. The molecule has 6 heteroatoms. The molecular weight excluding hydrogens is 295 g/mol. The van der Waals surface area contributed by atoms with Crippen LogP contribution in [0, 0.1) is 0 Å². The molecule has 2 aromatic heterocycles. The highest BCUT2D eigenvalue weighted by atomic mass is 35.5. The first kappa shape index (κ1) is 13.5. The lowest BCUT2D eigenvalue weighted by Crippen LogP contribution is -2.09. The average Bonchev–Trinajstić information content (AvgIpc) is 2.96. The fourth-order valence-corrected chi connectivity index (χ4v) is 2.70. The van der Waals surface area contributed by atoms with E-state index in [2.05, 4.69) is 14.6 Å². The van der Waals surface area contributed by atoms with Crippen molar-refractivity contribution < 1.29 is 0 Å². The Balaban J connectivity index is 2.19. The molecule has 1 aromatic carbocycles. The second-order valence-corrected chi connectivity index (χ2v) is 5.79. The van der Waals surface area contributed by atoms with E-state index in [1.807, 2.05) is 42.9 Å². The highest BCUT2D eigenvalue weighted by molar-refractivity contribution is 6.35. The molecule has 1 atom stereocenters. The summed E-state index contributed by atoms with van der Waals surface area (Å²) in [6.07, 6.45) is 1.78. The molecule has 0 radical (unpaired) electrons. The van der Waals surface area contributed by atoms with Gasteiger partial charge in [-0.25, -0.2) is 4.98 Å². The standard InChI is InChI=1S/C14H14Cl2N4/c1-9(15)14-18-13-11(16)4-3-5-12(13)20(14)8-10-6-7-17-19(10)2/h3-7,9H,8H2,1-2H3. The van der Waals surface area contributed by atoms with Crippen molar-refractivity contribution in [3.8, 4) is 0 Å². The molecule has 0 saturated heterocycles. The van der Waals surface area contributed by atoms with Crippen LogP contribution in [-0.4, -0.2) is 19.3 Å². The maximum absolute atomic E-state index is 6.26. The number of halogens is 2. The summed E-state index contributed by atoms with van der Waals surface area (Å²) in [5.41, 5.74) is 2.86. The molecular formula is C14H14Cl2N4. The van der Waals surface area contributed by atoms with Gasteiger partial charge in [-0.2, -0.15) is 5.10 Å². The fraction of sp³-hybridized carbons (Fsp3) is 0.286. The Morgan fingerprint density at radius 3 is 2.75 bits per heavy atom. The molecule has 4 nitrogen and oxygen atoms in total. The molecule has 20 heavy (non-hydrogen) atoms. The number of benzene rings is 1. The Bertz CT molecular complexity index is 758. The molecule has 0 aliphatic rings. The van der Waals surface area contributed by atoms with Crippen molar-refractivity contribution in [2.75, 3.05) is 0 Å². The number of fused-ring (bicyclic) bond motifs is 1. The van der Waals surface area contributed by atoms with Gasteiger partial charge in [-0.3, -0.25) is 4.68 Å². The number of nitrogens with zero attached hydrogens (tertiary/aromatic N) is 4. The van der Waals surface area contributed by atoms with Gasteiger partial charge in [0.25, 0.3) is 0 Å². The lowest BCUT2D eigenvalue weighted by Gasteiger charge is -2.10. The Morgan fingerprint density at radius 2 is 2.10 bits per heavy atom. The largest absolute Gasteiger partial charge is 0.321 e. The van der Waals surface area contributed by atoms with E-state index in [1.165, 1.54) is 0 Å².